The maximum atomic E-state index is 12.3. The van der Waals surface area contributed by atoms with Crippen LogP contribution in [0.15, 0.2) is 29.2 Å². The van der Waals surface area contributed by atoms with E-state index in [1.807, 2.05) is 0 Å². The van der Waals surface area contributed by atoms with E-state index < -0.39 is 6.04 Å². The molecule has 2 aromatic heterocycles. The number of H-pyrrole nitrogens is 1. The summed E-state index contributed by atoms with van der Waals surface area (Å²) in [4.78, 5) is 47.4. The summed E-state index contributed by atoms with van der Waals surface area (Å²) in [6.45, 7) is 2.31. The number of hydrogen-bond donors (Lipinski definition) is 3. The van der Waals surface area contributed by atoms with Crippen molar-refractivity contribution in [3.8, 4) is 11.5 Å². The molecule has 0 spiro atoms. The second kappa shape index (κ2) is 7.25. The molecule has 0 radical (unpaired) electrons. The molecule has 0 bridgehead atoms. The van der Waals surface area contributed by atoms with E-state index >= 15 is 0 Å². The summed E-state index contributed by atoms with van der Waals surface area (Å²) in [5.74, 6) is -0.198. The van der Waals surface area contributed by atoms with Crippen LogP contribution in [0.1, 0.15) is 24.1 Å². The average Bonchev–Trinajstić information content (AvgIpc) is 2.61. The highest BCUT2D eigenvalue weighted by Crippen LogP contribution is 2.11. The molecule has 0 aromatic carbocycles. The van der Waals surface area contributed by atoms with Crippen LogP contribution in [-0.2, 0) is 16.0 Å². The van der Waals surface area contributed by atoms with Crippen molar-refractivity contribution >= 4 is 11.8 Å². The molecule has 1 saturated heterocycles. The summed E-state index contributed by atoms with van der Waals surface area (Å²) in [5, 5.41) is 5.38. The molecule has 0 saturated carbocycles. The van der Waals surface area contributed by atoms with E-state index in [0.29, 0.717) is 30.2 Å². The molecule has 0 aliphatic carbocycles. The van der Waals surface area contributed by atoms with Crippen LogP contribution in [0.4, 0.5) is 0 Å². The van der Waals surface area contributed by atoms with Gasteiger partial charge in [-0.15, -0.1) is 0 Å². The number of aromatic amines is 1. The van der Waals surface area contributed by atoms with Crippen molar-refractivity contribution in [2.75, 3.05) is 6.54 Å². The van der Waals surface area contributed by atoms with E-state index in [9.17, 15) is 14.4 Å². The lowest BCUT2D eigenvalue weighted by molar-refractivity contribution is -0.129. The number of hydrogen-bond acceptors (Lipinski definition) is 5. The zero-order chi connectivity index (χ0) is 17.8. The third-order valence-corrected chi connectivity index (χ3v) is 4.09. The molecule has 1 atom stereocenters. The maximum Gasteiger partial charge on any atom is 0.255 e. The fraction of sp³-hybridized carbons (Fsp3) is 0.353. The Hall–Kier alpha value is -3.03. The number of aromatic nitrogens is 3. The number of carbonyl (C=O) groups excluding carboxylic acids is 2. The molecule has 1 aliphatic rings. The van der Waals surface area contributed by atoms with Gasteiger partial charge in [0.25, 0.3) is 5.56 Å². The summed E-state index contributed by atoms with van der Waals surface area (Å²) >= 11 is 0. The third kappa shape index (κ3) is 3.90. The van der Waals surface area contributed by atoms with Crippen LogP contribution in [-0.4, -0.2) is 39.4 Å². The molecule has 8 nitrogen and oxygen atoms in total. The quantitative estimate of drug-likeness (QED) is 0.728. The van der Waals surface area contributed by atoms with Gasteiger partial charge in [-0.2, -0.15) is 0 Å². The SMILES string of the molecule is Cc1nc(-c2ccccn2)[nH]c(=O)c1CC(=O)NC1CCCNC1=O. The van der Waals surface area contributed by atoms with Crippen molar-refractivity contribution in [3.63, 3.8) is 0 Å². The van der Waals surface area contributed by atoms with Crippen LogP contribution in [0.25, 0.3) is 11.5 Å². The normalized spacial score (nSPS) is 17.0. The number of piperidine rings is 1. The fourth-order valence-electron chi connectivity index (χ4n) is 2.76. The Morgan fingerprint density at radius 3 is 2.88 bits per heavy atom. The van der Waals surface area contributed by atoms with E-state index in [0.717, 1.165) is 6.42 Å². The number of nitrogens with zero attached hydrogens (tertiary/aromatic N) is 2. The van der Waals surface area contributed by atoms with E-state index in [-0.39, 0.29) is 29.4 Å². The van der Waals surface area contributed by atoms with Gasteiger partial charge in [0.15, 0.2) is 5.82 Å². The van der Waals surface area contributed by atoms with Gasteiger partial charge in [0.05, 0.1) is 6.42 Å². The minimum Gasteiger partial charge on any atom is -0.354 e. The molecule has 3 heterocycles. The highest BCUT2D eigenvalue weighted by Gasteiger charge is 2.24. The molecule has 3 rings (SSSR count). The second-order valence-corrected chi connectivity index (χ2v) is 5.92. The highest BCUT2D eigenvalue weighted by molar-refractivity contribution is 5.88. The summed E-state index contributed by atoms with van der Waals surface area (Å²) in [6.07, 6.45) is 2.90. The molecule has 8 heteroatoms. The Labute approximate surface area is 144 Å². The van der Waals surface area contributed by atoms with Gasteiger partial charge in [-0.3, -0.25) is 19.4 Å². The Morgan fingerprint density at radius 2 is 2.20 bits per heavy atom. The third-order valence-electron chi connectivity index (χ3n) is 4.09. The Bertz CT molecular complexity index is 847. The zero-order valence-electron chi connectivity index (χ0n) is 13.8. The van der Waals surface area contributed by atoms with Crippen molar-refractivity contribution in [1.29, 1.82) is 0 Å². The van der Waals surface area contributed by atoms with Crippen molar-refractivity contribution in [2.45, 2.75) is 32.2 Å². The lowest BCUT2D eigenvalue weighted by Gasteiger charge is -2.22. The Morgan fingerprint density at radius 1 is 1.36 bits per heavy atom. The van der Waals surface area contributed by atoms with Crippen molar-refractivity contribution in [1.82, 2.24) is 25.6 Å². The average molecular weight is 341 g/mol. The topological polar surface area (TPSA) is 117 Å². The van der Waals surface area contributed by atoms with Gasteiger partial charge in [0, 0.05) is 24.0 Å². The Kier molecular flexibility index (Phi) is 4.87. The number of carbonyl (C=O) groups is 2. The van der Waals surface area contributed by atoms with Gasteiger partial charge in [0.1, 0.15) is 11.7 Å². The largest absolute Gasteiger partial charge is 0.354 e. The molecular weight excluding hydrogens is 322 g/mol. The first-order valence-electron chi connectivity index (χ1n) is 8.13. The number of rotatable bonds is 4. The first-order chi connectivity index (χ1) is 12.0. The van der Waals surface area contributed by atoms with Gasteiger partial charge in [-0.25, -0.2) is 4.98 Å². The van der Waals surface area contributed by atoms with E-state index in [2.05, 4.69) is 25.6 Å². The molecule has 130 valence electrons. The summed E-state index contributed by atoms with van der Waals surface area (Å²) < 4.78 is 0. The first-order valence-corrected chi connectivity index (χ1v) is 8.13. The smallest absolute Gasteiger partial charge is 0.255 e. The minimum atomic E-state index is -0.540. The fourth-order valence-corrected chi connectivity index (χ4v) is 2.76. The van der Waals surface area contributed by atoms with Crippen LogP contribution < -0.4 is 16.2 Å². The molecule has 25 heavy (non-hydrogen) atoms. The van der Waals surface area contributed by atoms with Crippen LogP contribution in [0, 0.1) is 6.92 Å². The molecular formula is C17H19N5O3. The van der Waals surface area contributed by atoms with Crippen molar-refractivity contribution in [3.05, 3.63) is 46.0 Å². The van der Waals surface area contributed by atoms with Crippen LogP contribution >= 0.6 is 0 Å². The van der Waals surface area contributed by atoms with Gasteiger partial charge < -0.3 is 15.6 Å². The monoisotopic (exact) mass is 341 g/mol. The highest BCUT2D eigenvalue weighted by atomic mass is 16.2. The van der Waals surface area contributed by atoms with Gasteiger partial charge in [-0.1, -0.05) is 6.07 Å². The van der Waals surface area contributed by atoms with Crippen molar-refractivity contribution in [2.24, 2.45) is 0 Å². The predicted octanol–water partition coefficient (Wildman–Crippen LogP) is 0.0776. The summed E-state index contributed by atoms with van der Waals surface area (Å²) in [7, 11) is 0. The number of pyridine rings is 1. The lowest BCUT2D eigenvalue weighted by atomic mass is 10.1. The number of nitrogens with one attached hydrogen (secondary N) is 3. The molecule has 3 N–H and O–H groups in total. The van der Waals surface area contributed by atoms with E-state index in [1.54, 1.807) is 31.3 Å². The van der Waals surface area contributed by atoms with Gasteiger partial charge in [-0.05, 0) is 31.9 Å². The van der Waals surface area contributed by atoms with Crippen LogP contribution in [0.2, 0.25) is 0 Å². The molecule has 2 amide bonds. The second-order valence-electron chi connectivity index (χ2n) is 5.92. The lowest BCUT2D eigenvalue weighted by Crippen LogP contribution is -2.50. The number of aryl methyl sites for hydroxylation is 1. The molecule has 1 unspecified atom stereocenters. The Balaban J connectivity index is 1.75. The summed E-state index contributed by atoms with van der Waals surface area (Å²) in [5.41, 5.74) is 0.926. The zero-order valence-corrected chi connectivity index (χ0v) is 13.8. The van der Waals surface area contributed by atoms with Crippen molar-refractivity contribution < 1.29 is 9.59 Å². The minimum absolute atomic E-state index is 0.125. The maximum absolute atomic E-state index is 12.3. The standard InChI is InChI=1S/C17H19N5O3/c1-10-11(9-14(23)21-13-6-4-8-19-17(13)25)16(24)22-15(20-10)12-5-2-3-7-18-12/h2-3,5,7,13H,4,6,8-9H2,1H3,(H,19,25)(H,21,23)(H,20,22,24). The van der Waals surface area contributed by atoms with Gasteiger partial charge in [0.2, 0.25) is 11.8 Å². The van der Waals surface area contributed by atoms with E-state index in [4.69, 9.17) is 0 Å². The summed E-state index contributed by atoms with van der Waals surface area (Å²) in [6, 6.07) is 4.77. The van der Waals surface area contributed by atoms with Crippen LogP contribution in [0.5, 0.6) is 0 Å². The number of amides is 2. The molecule has 2 aromatic rings. The van der Waals surface area contributed by atoms with E-state index in [1.165, 1.54) is 0 Å². The molecule has 1 aliphatic heterocycles. The van der Waals surface area contributed by atoms with Crippen LogP contribution in [0.3, 0.4) is 0 Å². The predicted molar refractivity (Wildman–Crippen MR) is 90.7 cm³/mol. The molecule has 1 fully saturated rings. The first kappa shape index (κ1) is 16.8. The van der Waals surface area contributed by atoms with Gasteiger partial charge >= 0.3 is 0 Å².